The van der Waals surface area contributed by atoms with Crippen LogP contribution in [0.25, 0.3) is 0 Å². The minimum absolute atomic E-state index is 0.235. The molecule has 23 heavy (non-hydrogen) atoms. The summed E-state index contributed by atoms with van der Waals surface area (Å²) in [6.07, 6.45) is 7.61. The Labute approximate surface area is 151 Å². The molecule has 0 saturated carbocycles. The number of rotatable bonds is 5. The van der Waals surface area contributed by atoms with Gasteiger partial charge in [0.1, 0.15) is 5.75 Å². The van der Waals surface area contributed by atoms with E-state index in [1.807, 2.05) is 48.1 Å². The van der Waals surface area contributed by atoms with Crippen molar-refractivity contribution in [2.75, 3.05) is 0 Å². The van der Waals surface area contributed by atoms with Crippen LogP contribution in [0.4, 0.5) is 0 Å². The quantitative estimate of drug-likeness (QED) is 0.365. The molecule has 0 aliphatic heterocycles. The van der Waals surface area contributed by atoms with Crippen LogP contribution in [0.1, 0.15) is 27.2 Å². The average Bonchev–Trinajstić information content (AvgIpc) is 2.91. The van der Waals surface area contributed by atoms with Gasteiger partial charge in [-0.2, -0.15) is 0 Å². The second kappa shape index (κ2) is 10.6. The Kier molecular flexibility index (Phi) is 9.23. The second-order valence-corrected chi connectivity index (χ2v) is 16.4. The van der Waals surface area contributed by atoms with Crippen molar-refractivity contribution >= 4 is 6.66 Å². The molecule has 0 spiro atoms. The third-order valence-corrected chi connectivity index (χ3v) is 9.61. The van der Waals surface area contributed by atoms with E-state index in [1.165, 1.54) is 6.42 Å². The third kappa shape index (κ3) is 8.36. The molecule has 2 rings (SSSR count). The number of hydrogen-bond acceptors (Lipinski definition) is 1. The van der Waals surface area contributed by atoms with E-state index in [0.29, 0.717) is 18.4 Å². The Hall–Kier alpha value is -1.09. The molecular formula is C20H28OSiTi. The zero-order chi connectivity index (χ0) is 17.2. The fourth-order valence-electron chi connectivity index (χ4n) is 1.89. The van der Waals surface area contributed by atoms with E-state index in [0.717, 1.165) is 16.9 Å². The van der Waals surface area contributed by atoms with Crippen LogP contribution in [0.15, 0.2) is 75.9 Å². The van der Waals surface area contributed by atoms with Gasteiger partial charge in [0.25, 0.3) is 0 Å². The summed E-state index contributed by atoms with van der Waals surface area (Å²) in [5.74, 6) is 0.850. The van der Waals surface area contributed by atoms with Crippen LogP contribution in [0.3, 0.4) is 0 Å². The normalized spacial score (nSPS) is 13.7. The van der Waals surface area contributed by atoms with E-state index in [4.69, 9.17) is 4.74 Å². The van der Waals surface area contributed by atoms with Crippen LogP contribution < -0.4 is 4.74 Å². The topological polar surface area (TPSA) is 9.23 Å². The minimum atomic E-state index is -0.235. The first-order valence-electron chi connectivity index (χ1n) is 8.07. The molecule has 0 radical (unpaired) electrons. The molecule has 0 heterocycles. The Bertz CT molecular complexity index is 597. The Morgan fingerprint density at radius 3 is 2.35 bits per heavy atom. The monoisotopic (exact) mass is 360 g/mol. The van der Waals surface area contributed by atoms with Gasteiger partial charge >= 0.3 is 73.1 Å². The van der Waals surface area contributed by atoms with Gasteiger partial charge in [0.05, 0.1) is 6.26 Å². The maximum absolute atomic E-state index is 5.41. The van der Waals surface area contributed by atoms with Crippen LogP contribution in [0, 0.1) is 0 Å². The van der Waals surface area contributed by atoms with Crippen molar-refractivity contribution in [3.8, 4) is 5.75 Å². The molecule has 1 aromatic carbocycles. The molecule has 3 heteroatoms. The number of hydrogen-bond donors (Lipinski definition) is 0. The standard InChI is InChI=1S/C12H14O.C6H7.C2H7Si.Ti/c1-10(2)11(3)9-13-12-7-5-4-6-8-12;1-6-4-2-3-5-6;1-3-2;/h4-9H,1H2,2-3H3;2,4H,3H2,1H3;3H,1-2H3;. The number of para-hydroxylation sites is 1. The summed E-state index contributed by atoms with van der Waals surface area (Å²) < 4.78 is 7.23. The molecule has 0 N–H and O–H groups in total. The molecule has 122 valence electrons. The summed E-state index contributed by atoms with van der Waals surface area (Å²) in [6.45, 7) is 14.7. The van der Waals surface area contributed by atoms with Crippen LogP contribution in [-0.4, -0.2) is 6.66 Å². The molecule has 0 amide bonds. The van der Waals surface area contributed by atoms with Crippen molar-refractivity contribution in [2.24, 2.45) is 0 Å². The predicted octanol–water partition coefficient (Wildman–Crippen LogP) is 5.83. The predicted molar refractivity (Wildman–Crippen MR) is 101 cm³/mol. The maximum atomic E-state index is 5.41. The fraction of sp³-hybridized carbons (Fsp3) is 0.300. The van der Waals surface area contributed by atoms with Crippen molar-refractivity contribution < 1.29 is 23.1 Å². The van der Waals surface area contributed by atoms with Crippen molar-refractivity contribution in [2.45, 2.75) is 40.3 Å². The van der Waals surface area contributed by atoms with Crippen molar-refractivity contribution in [1.82, 2.24) is 0 Å². The molecule has 0 bridgehead atoms. The summed E-state index contributed by atoms with van der Waals surface area (Å²) in [5.41, 5.74) is 3.67. The summed E-state index contributed by atoms with van der Waals surface area (Å²) in [6, 6.07) is 9.69. The van der Waals surface area contributed by atoms with Gasteiger partial charge in [-0.1, -0.05) is 30.4 Å². The van der Waals surface area contributed by atoms with Crippen molar-refractivity contribution in [3.63, 3.8) is 0 Å². The molecule has 0 saturated heterocycles. The first kappa shape index (κ1) is 20.0. The van der Waals surface area contributed by atoms with Crippen LogP contribution in [0.5, 0.6) is 5.75 Å². The SMILES string of the molecule is C=C(C)C(C)=COc1ccccc1.CC1=[C]([Ti][SiH](C)C)CC=C1. The van der Waals surface area contributed by atoms with E-state index < -0.39 is 0 Å². The Balaban J connectivity index is 0.000000238. The Morgan fingerprint density at radius 2 is 1.87 bits per heavy atom. The number of allylic oxidation sites excluding steroid dienone is 6. The molecule has 0 fully saturated rings. The van der Waals surface area contributed by atoms with Gasteiger partial charge in [-0.25, -0.2) is 0 Å². The van der Waals surface area contributed by atoms with Crippen molar-refractivity contribution in [3.05, 3.63) is 75.9 Å². The fourth-order valence-corrected chi connectivity index (χ4v) is 8.13. The Morgan fingerprint density at radius 1 is 1.22 bits per heavy atom. The van der Waals surface area contributed by atoms with Gasteiger partial charge in [0.15, 0.2) is 0 Å². The van der Waals surface area contributed by atoms with Gasteiger partial charge < -0.3 is 4.74 Å². The summed E-state index contributed by atoms with van der Waals surface area (Å²) in [4.78, 5) is 0. The van der Waals surface area contributed by atoms with E-state index in [-0.39, 0.29) is 6.66 Å². The molecule has 0 unspecified atom stereocenters. The van der Waals surface area contributed by atoms with Crippen LogP contribution in [-0.2, 0) is 18.4 Å². The van der Waals surface area contributed by atoms with Crippen molar-refractivity contribution in [1.29, 1.82) is 0 Å². The van der Waals surface area contributed by atoms with Crippen LogP contribution >= 0.6 is 0 Å². The number of ether oxygens (including phenoxy) is 1. The molecule has 0 aromatic heterocycles. The third-order valence-electron chi connectivity index (χ3n) is 3.42. The van der Waals surface area contributed by atoms with E-state index in [9.17, 15) is 0 Å². The van der Waals surface area contributed by atoms with E-state index in [1.54, 1.807) is 11.8 Å². The van der Waals surface area contributed by atoms with Crippen LogP contribution in [0.2, 0.25) is 13.1 Å². The zero-order valence-corrected chi connectivity index (χ0v) is 17.7. The first-order chi connectivity index (χ1) is 10.9. The molecule has 1 aliphatic carbocycles. The molecule has 0 atom stereocenters. The van der Waals surface area contributed by atoms with Gasteiger partial charge in [-0.05, 0) is 31.6 Å². The molecule has 1 aromatic rings. The van der Waals surface area contributed by atoms with Gasteiger partial charge in [0, 0.05) is 0 Å². The van der Waals surface area contributed by atoms with E-state index >= 15 is 0 Å². The summed E-state index contributed by atoms with van der Waals surface area (Å²) in [5, 5.41) is 0. The van der Waals surface area contributed by atoms with Gasteiger partial charge in [-0.15, -0.1) is 0 Å². The zero-order valence-electron chi connectivity index (χ0n) is 15.0. The molecular weight excluding hydrogens is 332 g/mol. The first-order valence-corrected chi connectivity index (χ1v) is 14.4. The molecule has 1 nitrogen and oxygen atoms in total. The summed E-state index contributed by atoms with van der Waals surface area (Å²) in [7, 11) is 0. The summed E-state index contributed by atoms with van der Waals surface area (Å²) >= 11 is 0.350. The van der Waals surface area contributed by atoms with E-state index in [2.05, 4.69) is 38.7 Å². The second-order valence-electron chi connectivity index (χ2n) is 6.08. The number of benzene rings is 1. The van der Waals surface area contributed by atoms with Gasteiger partial charge in [0.2, 0.25) is 0 Å². The average molecular weight is 360 g/mol. The van der Waals surface area contributed by atoms with Gasteiger partial charge in [-0.3, -0.25) is 0 Å². The molecule has 1 aliphatic rings.